The number of aromatic nitrogens is 4. The second-order valence-corrected chi connectivity index (χ2v) is 6.99. The number of fused-ring (bicyclic) bond motifs is 4. The van der Waals surface area contributed by atoms with Crippen LogP contribution in [0.1, 0.15) is 0 Å². The topological polar surface area (TPSA) is 43.6 Å². The van der Waals surface area contributed by atoms with E-state index in [0.717, 1.165) is 28.0 Å². The largest absolute Gasteiger partial charge is 0.309 e. The van der Waals surface area contributed by atoms with Crippen LogP contribution < -0.4 is 0 Å². The van der Waals surface area contributed by atoms with Crippen molar-refractivity contribution >= 4 is 33.0 Å². The van der Waals surface area contributed by atoms with Gasteiger partial charge in [0, 0.05) is 28.2 Å². The molecule has 0 aliphatic carbocycles. The van der Waals surface area contributed by atoms with Crippen molar-refractivity contribution in [3.05, 3.63) is 97.3 Å². The van der Waals surface area contributed by atoms with Gasteiger partial charge in [-0.05, 0) is 36.4 Å². The van der Waals surface area contributed by atoms with Crippen LogP contribution in [0.5, 0.6) is 0 Å². The van der Waals surface area contributed by atoms with Crippen molar-refractivity contribution in [3.63, 3.8) is 0 Å². The standard InChI is InChI=1S/C25H16N4/c1-2-8-17(9-3-1)29-22-13-5-4-10-19(22)24-18(11-6-14-23(24)29)21-16-27-20-12-7-15-26-25(20)28-21/h1-16H. The van der Waals surface area contributed by atoms with E-state index in [9.17, 15) is 0 Å². The third kappa shape index (κ3) is 2.43. The molecular weight excluding hydrogens is 356 g/mol. The molecule has 0 aliphatic heterocycles. The van der Waals surface area contributed by atoms with E-state index < -0.39 is 0 Å². The lowest BCUT2D eigenvalue weighted by atomic mass is 10.0. The Morgan fingerprint density at radius 1 is 0.655 bits per heavy atom. The maximum absolute atomic E-state index is 4.80. The van der Waals surface area contributed by atoms with Crippen LogP contribution in [-0.4, -0.2) is 19.5 Å². The zero-order chi connectivity index (χ0) is 19.2. The van der Waals surface area contributed by atoms with Crippen molar-refractivity contribution in [2.45, 2.75) is 0 Å². The number of pyridine rings is 1. The van der Waals surface area contributed by atoms with Gasteiger partial charge in [0.05, 0.1) is 22.9 Å². The minimum atomic E-state index is 0.661. The highest BCUT2D eigenvalue weighted by Gasteiger charge is 2.16. The first-order valence-corrected chi connectivity index (χ1v) is 9.56. The van der Waals surface area contributed by atoms with Crippen molar-refractivity contribution in [2.75, 3.05) is 0 Å². The molecule has 0 N–H and O–H groups in total. The maximum atomic E-state index is 4.80. The van der Waals surface area contributed by atoms with Crippen LogP contribution in [0, 0.1) is 0 Å². The van der Waals surface area contributed by atoms with Crippen molar-refractivity contribution in [1.29, 1.82) is 0 Å². The molecular formula is C25H16N4. The summed E-state index contributed by atoms with van der Waals surface area (Å²) >= 11 is 0. The summed E-state index contributed by atoms with van der Waals surface area (Å²) in [6.07, 6.45) is 3.59. The maximum Gasteiger partial charge on any atom is 0.178 e. The number of hydrogen-bond donors (Lipinski definition) is 0. The molecule has 0 saturated carbocycles. The minimum Gasteiger partial charge on any atom is -0.309 e. The molecule has 0 spiro atoms. The van der Waals surface area contributed by atoms with Crippen LogP contribution in [-0.2, 0) is 0 Å². The Balaban J connectivity index is 1.73. The van der Waals surface area contributed by atoms with Crippen LogP contribution in [0.15, 0.2) is 97.3 Å². The highest BCUT2D eigenvalue weighted by atomic mass is 15.0. The average Bonchev–Trinajstić information content (AvgIpc) is 3.14. The lowest BCUT2D eigenvalue weighted by molar-refractivity contribution is 1.18. The van der Waals surface area contributed by atoms with Crippen molar-refractivity contribution in [3.8, 4) is 16.9 Å². The Hall–Kier alpha value is -4.05. The molecule has 3 heterocycles. The molecule has 0 unspecified atom stereocenters. The quantitative estimate of drug-likeness (QED) is 0.386. The van der Waals surface area contributed by atoms with Gasteiger partial charge in [0.1, 0.15) is 5.52 Å². The van der Waals surface area contributed by atoms with Gasteiger partial charge in [-0.2, -0.15) is 0 Å². The first kappa shape index (κ1) is 16.0. The zero-order valence-corrected chi connectivity index (χ0v) is 15.5. The number of nitrogens with zero attached hydrogens (tertiary/aromatic N) is 4. The molecule has 4 heteroatoms. The molecule has 29 heavy (non-hydrogen) atoms. The SMILES string of the molecule is c1ccc(-n2c3ccccc3c3c(-c4cnc5cccnc5n4)cccc32)cc1. The minimum absolute atomic E-state index is 0.661. The molecule has 0 aliphatic rings. The van der Waals surface area contributed by atoms with Gasteiger partial charge in [-0.3, -0.25) is 4.98 Å². The van der Waals surface area contributed by atoms with Gasteiger partial charge < -0.3 is 4.57 Å². The molecule has 0 saturated heterocycles. The summed E-state index contributed by atoms with van der Waals surface area (Å²) in [7, 11) is 0. The van der Waals surface area contributed by atoms with E-state index in [4.69, 9.17) is 4.98 Å². The van der Waals surface area contributed by atoms with E-state index in [1.807, 2.05) is 24.4 Å². The highest BCUT2D eigenvalue weighted by Crippen LogP contribution is 2.37. The average molecular weight is 372 g/mol. The second-order valence-electron chi connectivity index (χ2n) is 6.99. The zero-order valence-electron chi connectivity index (χ0n) is 15.5. The normalized spacial score (nSPS) is 11.4. The van der Waals surface area contributed by atoms with Crippen LogP contribution in [0.3, 0.4) is 0 Å². The predicted octanol–water partition coefficient (Wildman–Crippen LogP) is 5.79. The van der Waals surface area contributed by atoms with Crippen LogP contribution in [0.2, 0.25) is 0 Å². The molecule has 6 aromatic rings. The molecule has 0 radical (unpaired) electrons. The Morgan fingerprint density at radius 2 is 1.48 bits per heavy atom. The molecule has 0 atom stereocenters. The smallest absolute Gasteiger partial charge is 0.178 e. The summed E-state index contributed by atoms with van der Waals surface area (Å²) in [5, 5.41) is 2.38. The highest BCUT2D eigenvalue weighted by molar-refractivity contribution is 6.15. The lowest BCUT2D eigenvalue weighted by Gasteiger charge is -2.08. The lowest BCUT2D eigenvalue weighted by Crippen LogP contribution is -1.93. The summed E-state index contributed by atoms with van der Waals surface area (Å²) < 4.78 is 2.31. The molecule has 0 amide bonds. The van der Waals surface area contributed by atoms with Gasteiger partial charge in [-0.1, -0.05) is 48.5 Å². The third-order valence-electron chi connectivity index (χ3n) is 5.31. The summed E-state index contributed by atoms with van der Waals surface area (Å²) in [6.45, 7) is 0. The van der Waals surface area contributed by atoms with Crippen molar-refractivity contribution in [1.82, 2.24) is 19.5 Å². The van der Waals surface area contributed by atoms with E-state index in [2.05, 4.69) is 81.3 Å². The molecule has 6 rings (SSSR count). The third-order valence-corrected chi connectivity index (χ3v) is 5.31. The van der Waals surface area contributed by atoms with E-state index in [-0.39, 0.29) is 0 Å². The van der Waals surface area contributed by atoms with Gasteiger partial charge in [-0.15, -0.1) is 0 Å². The molecule has 136 valence electrons. The Kier molecular flexibility index (Phi) is 3.43. The van der Waals surface area contributed by atoms with Gasteiger partial charge in [0.15, 0.2) is 5.65 Å². The fourth-order valence-electron chi connectivity index (χ4n) is 4.07. The summed E-state index contributed by atoms with van der Waals surface area (Å²) in [5.74, 6) is 0. The summed E-state index contributed by atoms with van der Waals surface area (Å²) in [6, 6.07) is 29.1. The van der Waals surface area contributed by atoms with Gasteiger partial charge in [0.2, 0.25) is 0 Å². The number of para-hydroxylation sites is 2. The monoisotopic (exact) mass is 372 g/mol. The summed E-state index contributed by atoms with van der Waals surface area (Å²) in [4.78, 5) is 13.8. The van der Waals surface area contributed by atoms with Crippen LogP contribution in [0.4, 0.5) is 0 Å². The first-order chi connectivity index (χ1) is 14.4. The fourth-order valence-corrected chi connectivity index (χ4v) is 4.07. The molecule has 3 aromatic heterocycles. The van der Waals surface area contributed by atoms with Gasteiger partial charge in [0.25, 0.3) is 0 Å². The Morgan fingerprint density at radius 3 is 2.41 bits per heavy atom. The number of benzene rings is 3. The van der Waals surface area contributed by atoms with E-state index >= 15 is 0 Å². The van der Waals surface area contributed by atoms with Crippen molar-refractivity contribution < 1.29 is 0 Å². The first-order valence-electron chi connectivity index (χ1n) is 9.56. The summed E-state index contributed by atoms with van der Waals surface area (Å²) in [5.41, 5.74) is 6.82. The van der Waals surface area contributed by atoms with E-state index in [1.54, 1.807) is 6.20 Å². The van der Waals surface area contributed by atoms with Gasteiger partial charge >= 0.3 is 0 Å². The predicted molar refractivity (Wildman–Crippen MR) is 117 cm³/mol. The Bertz CT molecular complexity index is 1500. The molecule has 3 aromatic carbocycles. The number of rotatable bonds is 2. The van der Waals surface area contributed by atoms with E-state index in [1.165, 1.54) is 16.3 Å². The van der Waals surface area contributed by atoms with Crippen molar-refractivity contribution in [2.24, 2.45) is 0 Å². The Labute approximate surface area is 167 Å². The van der Waals surface area contributed by atoms with Crippen LogP contribution >= 0.6 is 0 Å². The van der Waals surface area contributed by atoms with E-state index in [0.29, 0.717) is 5.65 Å². The van der Waals surface area contributed by atoms with Gasteiger partial charge in [-0.25, -0.2) is 9.97 Å². The second kappa shape index (κ2) is 6.24. The molecule has 4 nitrogen and oxygen atoms in total. The molecule has 0 bridgehead atoms. The fraction of sp³-hybridized carbons (Fsp3) is 0. The van der Waals surface area contributed by atoms with Crippen LogP contribution in [0.25, 0.3) is 49.9 Å². The molecule has 0 fully saturated rings. The number of hydrogen-bond acceptors (Lipinski definition) is 3.